The maximum absolute atomic E-state index is 12.0. The number of methoxy groups -OCH3 is 1. The first-order valence-corrected chi connectivity index (χ1v) is 7.51. The van der Waals surface area contributed by atoms with Gasteiger partial charge in [0.25, 0.3) is 0 Å². The molecule has 2 amide bonds. The molecule has 0 spiro atoms. The van der Waals surface area contributed by atoms with Crippen molar-refractivity contribution in [2.75, 3.05) is 19.0 Å². The number of rotatable bonds is 6. The van der Waals surface area contributed by atoms with Crippen molar-refractivity contribution in [1.29, 1.82) is 0 Å². The Hall–Kier alpha value is -3.14. The van der Waals surface area contributed by atoms with Crippen molar-refractivity contribution in [3.63, 3.8) is 0 Å². The number of anilines is 1. The van der Waals surface area contributed by atoms with E-state index in [0.717, 1.165) is 0 Å². The molecule has 0 bridgehead atoms. The summed E-state index contributed by atoms with van der Waals surface area (Å²) in [6.07, 6.45) is 0.513. The third-order valence-electron chi connectivity index (χ3n) is 3.49. The number of oxazole rings is 1. The molecule has 2 aromatic heterocycles. The first-order valence-electron chi connectivity index (χ1n) is 7.51. The molecule has 25 heavy (non-hydrogen) atoms. The Labute approximate surface area is 141 Å². The number of carbonyl (C=O) groups is 1. The molecule has 2 N–H and O–H groups in total. The third-order valence-corrected chi connectivity index (χ3v) is 3.49. The van der Waals surface area contributed by atoms with Crippen LogP contribution in [0.25, 0.3) is 11.1 Å². The van der Waals surface area contributed by atoms with Crippen molar-refractivity contribution in [3.8, 4) is 0 Å². The summed E-state index contributed by atoms with van der Waals surface area (Å²) in [6.45, 7) is 0.600. The SMILES string of the molecule is COCCc1nc(CNC(=O)Nc2ccc3oc(=O)n(C)c3c2)no1. The number of aryl methyl sites for hydroxylation is 1. The minimum Gasteiger partial charge on any atom is -0.408 e. The fourth-order valence-electron chi connectivity index (χ4n) is 2.19. The summed E-state index contributed by atoms with van der Waals surface area (Å²) >= 11 is 0. The molecule has 0 fully saturated rings. The van der Waals surface area contributed by atoms with Gasteiger partial charge in [-0.25, -0.2) is 9.59 Å². The van der Waals surface area contributed by atoms with E-state index in [1.807, 2.05) is 0 Å². The Bertz CT molecular complexity index is 941. The van der Waals surface area contributed by atoms with Crippen molar-refractivity contribution >= 4 is 22.8 Å². The van der Waals surface area contributed by atoms with Crippen molar-refractivity contribution in [3.05, 3.63) is 40.5 Å². The van der Waals surface area contributed by atoms with Crippen molar-refractivity contribution in [2.24, 2.45) is 7.05 Å². The van der Waals surface area contributed by atoms with E-state index >= 15 is 0 Å². The van der Waals surface area contributed by atoms with Crippen LogP contribution in [-0.2, 0) is 24.8 Å². The highest BCUT2D eigenvalue weighted by Crippen LogP contribution is 2.17. The van der Waals surface area contributed by atoms with Crippen LogP contribution in [0.2, 0.25) is 0 Å². The monoisotopic (exact) mass is 347 g/mol. The van der Waals surface area contributed by atoms with Gasteiger partial charge in [-0.3, -0.25) is 4.57 Å². The fraction of sp³-hybridized carbons (Fsp3) is 0.333. The lowest BCUT2D eigenvalue weighted by Gasteiger charge is -2.06. The van der Waals surface area contributed by atoms with E-state index in [1.165, 1.54) is 4.57 Å². The second-order valence-electron chi connectivity index (χ2n) is 5.26. The number of nitrogens with zero attached hydrogens (tertiary/aromatic N) is 3. The Morgan fingerprint density at radius 2 is 2.24 bits per heavy atom. The summed E-state index contributed by atoms with van der Waals surface area (Å²) in [4.78, 5) is 27.6. The number of hydrogen-bond donors (Lipinski definition) is 2. The fourth-order valence-corrected chi connectivity index (χ4v) is 2.19. The number of amides is 2. The number of fused-ring (bicyclic) bond motifs is 1. The zero-order valence-corrected chi connectivity index (χ0v) is 13.7. The molecular weight excluding hydrogens is 330 g/mol. The van der Waals surface area contributed by atoms with Crippen LogP contribution in [0.3, 0.4) is 0 Å². The zero-order valence-electron chi connectivity index (χ0n) is 13.7. The maximum Gasteiger partial charge on any atom is 0.419 e. The van der Waals surface area contributed by atoms with E-state index in [2.05, 4.69) is 20.8 Å². The average molecular weight is 347 g/mol. The minimum atomic E-state index is -0.460. The molecule has 10 nitrogen and oxygen atoms in total. The Kier molecular flexibility index (Phi) is 4.80. The van der Waals surface area contributed by atoms with Crippen molar-refractivity contribution in [1.82, 2.24) is 20.0 Å². The van der Waals surface area contributed by atoms with Gasteiger partial charge in [0.15, 0.2) is 11.4 Å². The van der Waals surface area contributed by atoms with E-state index in [1.54, 1.807) is 32.4 Å². The number of hydrogen-bond acceptors (Lipinski definition) is 7. The average Bonchev–Trinajstić information content (AvgIpc) is 3.17. The smallest absolute Gasteiger partial charge is 0.408 e. The lowest BCUT2D eigenvalue weighted by molar-refractivity contribution is 0.192. The molecule has 0 aliphatic carbocycles. The van der Waals surface area contributed by atoms with E-state index in [-0.39, 0.29) is 6.54 Å². The summed E-state index contributed by atoms with van der Waals surface area (Å²) in [5.41, 5.74) is 1.56. The molecule has 3 aromatic rings. The Balaban J connectivity index is 1.58. The van der Waals surface area contributed by atoms with Gasteiger partial charge in [0.05, 0.1) is 25.1 Å². The number of urea groups is 1. The molecular formula is C15H17N5O5. The van der Waals surface area contributed by atoms with Gasteiger partial charge >= 0.3 is 11.8 Å². The van der Waals surface area contributed by atoms with Crippen LogP contribution in [0.15, 0.2) is 31.9 Å². The van der Waals surface area contributed by atoms with Crippen molar-refractivity contribution in [2.45, 2.75) is 13.0 Å². The molecule has 0 saturated heterocycles. The molecule has 0 saturated carbocycles. The van der Waals surface area contributed by atoms with Crippen LogP contribution < -0.4 is 16.4 Å². The number of benzene rings is 1. The van der Waals surface area contributed by atoms with Crippen LogP contribution in [0.5, 0.6) is 0 Å². The van der Waals surface area contributed by atoms with Crippen molar-refractivity contribution < 1.29 is 18.5 Å². The summed E-state index contributed by atoms with van der Waals surface area (Å²) in [5.74, 6) is 0.359. The number of nitrogens with one attached hydrogen (secondary N) is 2. The van der Waals surface area contributed by atoms with Crippen LogP contribution in [0, 0.1) is 0 Å². The quantitative estimate of drug-likeness (QED) is 0.682. The van der Waals surface area contributed by atoms with Gasteiger partial charge < -0.3 is 24.3 Å². The van der Waals surface area contributed by atoms with Gasteiger partial charge in [-0.2, -0.15) is 4.98 Å². The highest BCUT2D eigenvalue weighted by Gasteiger charge is 2.10. The van der Waals surface area contributed by atoms with Crippen LogP contribution in [0.1, 0.15) is 11.7 Å². The summed E-state index contributed by atoms with van der Waals surface area (Å²) in [5, 5.41) is 9.06. The van der Waals surface area contributed by atoms with Gasteiger partial charge in [0.2, 0.25) is 5.89 Å². The number of ether oxygens (including phenoxy) is 1. The second kappa shape index (κ2) is 7.18. The molecule has 132 valence electrons. The predicted octanol–water partition coefficient (Wildman–Crippen LogP) is 1.03. The van der Waals surface area contributed by atoms with E-state index in [9.17, 15) is 9.59 Å². The lowest BCUT2D eigenvalue weighted by atomic mass is 10.3. The lowest BCUT2D eigenvalue weighted by Crippen LogP contribution is -2.28. The van der Waals surface area contributed by atoms with Crippen LogP contribution >= 0.6 is 0 Å². The zero-order chi connectivity index (χ0) is 17.8. The number of carbonyl (C=O) groups excluding carboxylic acids is 1. The molecule has 0 atom stereocenters. The highest BCUT2D eigenvalue weighted by atomic mass is 16.5. The van der Waals surface area contributed by atoms with Gasteiger partial charge in [0, 0.05) is 19.8 Å². The first kappa shape index (κ1) is 16.7. The molecule has 2 heterocycles. The van der Waals surface area contributed by atoms with Crippen LogP contribution in [0.4, 0.5) is 10.5 Å². The van der Waals surface area contributed by atoms with E-state index < -0.39 is 11.8 Å². The van der Waals surface area contributed by atoms with Gasteiger partial charge in [-0.15, -0.1) is 0 Å². The van der Waals surface area contributed by atoms with Crippen LogP contribution in [-0.4, -0.2) is 34.5 Å². The third kappa shape index (κ3) is 3.86. The molecule has 1 aromatic carbocycles. The highest BCUT2D eigenvalue weighted by molar-refractivity contribution is 5.91. The van der Waals surface area contributed by atoms with Gasteiger partial charge in [-0.05, 0) is 18.2 Å². The van der Waals surface area contributed by atoms with Gasteiger partial charge in [-0.1, -0.05) is 5.16 Å². The molecule has 0 aliphatic rings. The standard InChI is InChI=1S/C15H17N5O5/c1-20-10-7-9(3-4-11(10)24-15(20)22)17-14(21)16-8-12-18-13(25-19-12)5-6-23-2/h3-4,7H,5-6,8H2,1-2H3,(H2,16,17,21). The predicted molar refractivity (Wildman–Crippen MR) is 87.2 cm³/mol. The summed E-state index contributed by atoms with van der Waals surface area (Å²) in [7, 11) is 3.18. The summed E-state index contributed by atoms with van der Waals surface area (Å²) in [6, 6.07) is 4.48. The summed E-state index contributed by atoms with van der Waals surface area (Å²) < 4.78 is 16.3. The molecule has 3 rings (SSSR count). The van der Waals surface area contributed by atoms with Gasteiger partial charge in [0.1, 0.15) is 0 Å². The molecule has 0 radical (unpaired) electrons. The Morgan fingerprint density at radius 1 is 1.40 bits per heavy atom. The minimum absolute atomic E-state index is 0.120. The molecule has 0 aliphatic heterocycles. The normalized spacial score (nSPS) is 11.0. The molecule has 10 heteroatoms. The Morgan fingerprint density at radius 3 is 3.04 bits per heavy atom. The largest absolute Gasteiger partial charge is 0.419 e. The van der Waals surface area contributed by atoms with E-state index in [4.69, 9.17) is 13.7 Å². The van der Waals surface area contributed by atoms with E-state index in [0.29, 0.717) is 41.5 Å². The first-order chi connectivity index (χ1) is 12.1. The maximum atomic E-state index is 12.0. The number of aromatic nitrogens is 3. The second-order valence-corrected chi connectivity index (χ2v) is 5.26. The topological polar surface area (TPSA) is 124 Å². The molecule has 0 unspecified atom stereocenters.